The molecular weight excluding hydrogens is 190 g/mol. The van der Waals surface area contributed by atoms with E-state index in [1.165, 1.54) is 0 Å². The molecule has 0 aliphatic heterocycles. The van der Waals surface area contributed by atoms with E-state index in [9.17, 15) is 4.79 Å². The molecule has 15 heavy (non-hydrogen) atoms. The first-order valence-electron chi connectivity index (χ1n) is 4.90. The molecule has 0 aliphatic rings. The summed E-state index contributed by atoms with van der Waals surface area (Å²) < 4.78 is 5.16. The number of rotatable bonds is 4. The lowest BCUT2D eigenvalue weighted by Crippen LogP contribution is -2.18. The molecule has 0 amide bonds. The Morgan fingerprint density at radius 3 is 2.53 bits per heavy atom. The molecule has 0 aliphatic carbocycles. The number of carbonyl (C=O) groups excluding carboxylic acids is 1. The summed E-state index contributed by atoms with van der Waals surface area (Å²) in [6.07, 6.45) is 0.855. The van der Waals surface area contributed by atoms with Crippen LogP contribution in [0.1, 0.15) is 28.9 Å². The van der Waals surface area contributed by atoms with E-state index in [1.807, 2.05) is 26.2 Å². The predicted molar refractivity (Wildman–Crippen MR) is 60.5 cm³/mol. The molecule has 0 heterocycles. The van der Waals surface area contributed by atoms with Gasteiger partial charge in [0.25, 0.3) is 0 Å². The summed E-state index contributed by atoms with van der Waals surface area (Å²) >= 11 is 0. The molecule has 3 nitrogen and oxygen atoms in total. The molecule has 0 fully saturated rings. The largest absolute Gasteiger partial charge is 0.496 e. The van der Waals surface area contributed by atoms with Crippen molar-refractivity contribution in [3.63, 3.8) is 0 Å². The van der Waals surface area contributed by atoms with Gasteiger partial charge in [0.1, 0.15) is 5.75 Å². The van der Waals surface area contributed by atoms with Crippen molar-refractivity contribution < 1.29 is 9.53 Å². The summed E-state index contributed by atoms with van der Waals surface area (Å²) in [5.74, 6) is 0.635. The number of hydrogen-bond donors (Lipinski definition) is 0. The molecule has 82 valence electrons. The Morgan fingerprint density at radius 2 is 2.07 bits per heavy atom. The number of hydrogen-bond acceptors (Lipinski definition) is 3. The van der Waals surface area contributed by atoms with Crippen LogP contribution in [0.15, 0.2) is 18.2 Å². The zero-order valence-corrected chi connectivity index (χ0v) is 9.65. The summed E-state index contributed by atoms with van der Waals surface area (Å²) in [5, 5.41) is 0. The standard InChI is InChI=1S/C12H17NO2/c1-9(13(2)3)10-6-5-7-12(15-4)11(10)8-14/h5-9H,1-4H3/t9-/m0/s1. The lowest BCUT2D eigenvalue weighted by atomic mass is 10.0. The van der Waals surface area contributed by atoms with Gasteiger partial charge in [0.15, 0.2) is 6.29 Å². The SMILES string of the molecule is COc1cccc([C@H](C)N(C)C)c1C=O. The van der Waals surface area contributed by atoms with E-state index in [0.717, 1.165) is 11.8 Å². The van der Waals surface area contributed by atoms with E-state index < -0.39 is 0 Å². The molecule has 3 heteroatoms. The third-order valence-corrected chi connectivity index (χ3v) is 2.66. The van der Waals surface area contributed by atoms with Crippen molar-refractivity contribution in [2.45, 2.75) is 13.0 Å². The summed E-state index contributed by atoms with van der Waals surface area (Å²) in [5.41, 5.74) is 1.63. The monoisotopic (exact) mass is 207 g/mol. The van der Waals surface area contributed by atoms with Crippen molar-refractivity contribution in [3.05, 3.63) is 29.3 Å². The fraction of sp³-hybridized carbons (Fsp3) is 0.417. The van der Waals surface area contributed by atoms with Crippen molar-refractivity contribution in [3.8, 4) is 5.75 Å². The van der Waals surface area contributed by atoms with E-state index in [0.29, 0.717) is 11.3 Å². The van der Waals surface area contributed by atoms with Gasteiger partial charge >= 0.3 is 0 Å². The molecule has 0 unspecified atom stereocenters. The van der Waals surface area contributed by atoms with Crippen molar-refractivity contribution in [2.24, 2.45) is 0 Å². The molecule has 0 spiro atoms. The van der Waals surface area contributed by atoms with Crippen LogP contribution < -0.4 is 4.74 Å². The summed E-state index contributed by atoms with van der Waals surface area (Å²) in [6, 6.07) is 5.86. The van der Waals surface area contributed by atoms with E-state index in [-0.39, 0.29) is 6.04 Å². The van der Waals surface area contributed by atoms with Crippen LogP contribution >= 0.6 is 0 Å². The quantitative estimate of drug-likeness (QED) is 0.708. The molecule has 1 aromatic carbocycles. The molecule has 1 aromatic rings. The lowest BCUT2D eigenvalue weighted by molar-refractivity contribution is 0.111. The van der Waals surface area contributed by atoms with Gasteiger partial charge in [-0.05, 0) is 32.6 Å². The molecule has 0 saturated carbocycles. The maximum Gasteiger partial charge on any atom is 0.154 e. The molecule has 0 radical (unpaired) electrons. The highest BCUT2D eigenvalue weighted by molar-refractivity contribution is 5.82. The van der Waals surface area contributed by atoms with E-state index in [1.54, 1.807) is 13.2 Å². The van der Waals surface area contributed by atoms with Crippen LogP contribution in [-0.4, -0.2) is 32.4 Å². The van der Waals surface area contributed by atoms with Crippen molar-refractivity contribution in [1.29, 1.82) is 0 Å². The smallest absolute Gasteiger partial charge is 0.154 e. The van der Waals surface area contributed by atoms with Crippen LogP contribution in [0.4, 0.5) is 0 Å². The van der Waals surface area contributed by atoms with Gasteiger partial charge in [0.2, 0.25) is 0 Å². The highest BCUT2D eigenvalue weighted by Crippen LogP contribution is 2.27. The van der Waals surface area contributed by atoms with Crippen LogP contribution in [-0.2, 0) is 0 Å². The maximum absolute atomic E-state index is 11.0. The molecule has 0 bridgehead atoms. The topological polar surface area (TPSA) is 29.5 Å². The van der Waals surface area contributed by atoms with Crippen LogP contribution in [0.2, 0.25) is 0 Å². The Balaban J connectivity index is 3.22. The number of aldehydes is 1. The molecule has 0 saturated heterocycles. The number of methoxy groups -OCH3 is 1. The summed E-state index contributed by atoms with van der Waals surface area (Å²) in [4.78, 5) is 13.1. The average molecular weight is 207 g/mol. The van der Waals surface area contributed by atoms with Gasteiger partial charge in [-0.2, -0.15) is 0 Å². The third-order valence-electron chi connectivity index (χ3n) is 2.66. The van der Waals surface area contributed by atoms with E-state index >= 15 is 0 Å². The van der Waals surface area contributed by atoms with Crippen molar-refractivity contribution in [1.82, 2.24) is 4.90 Å². The van der Waals surface area contributed by atoms with Gasteiger partial charge in [-0.1, -0.05) is 12.1 Å². The van der Waals surface area contributed by atoms with Gasteiger partial charge in [0.05, 0.1) is 12.7 Å². The summed E-state index contributed by atoms with van der Waals surface area (Å²) in [7, 11) is 5.55. The van der Waals surface area contributed by atoms with E-state index in [2.05, 4.69) is 11.8 Å². The van der Waals surface area contributed by atoms with Gasteiger partial charge in [-0.15, -0.1) is 0 Å². The zero-order valence-electron chi connectivity index (χ0n) is 9.65. The van der Waals surface area contributed by atoms with Crippen LogP contribution in [0, 0.1) is 0 Å². The second kappa shape index (κ2) is 4.94. The van der Waals surface area contributed by atoms with Gasteiger partial charge in [-0.3, -0.25) is 4.79 Å². The maximum atomic E-state index is 11.0. The van der Waals surface area contributed by atoms with Gasteiger partial charge in [-0.25, -0.2) is 0 Å². The molecule has 0 N–H and O–H groups in total. The van der Waals surface area contributed by atoms with Crippen molar-refractivity contribution >= 4 is 6.29 Å². The number of ether oxygens (including phenoxy) is 1. The molecule has 1 rings (SSSR count). The Labute approximate surface area is 90.7 Å². The molecule has 1 atom stereocenters. The van der Waals surface area contributed by atoms with Crippen LogP contribution in [0.5, 0.6) is 5.75 Å². The van der Waals surface area contributed by atoms with Crippen LogP contribution in [0.3, 0.4) is 0 Å². The predicted octanol–water partition coefficient (Wildman–Crippen LogP) is 2.13. The minimum absolute atomic E-state index is 0.195. The second-order valence-electron chi connectivity index (χ2n) is 3.72. The molecule has 0 aromatic heterocycles. The first-order valence-corrected chi connectivity index (χ1v) is 4.90. The Bertz CT molecular complexity index is 347. The second-order valence-corrected chi connectivity index (χ2v) is 3.72. The first-order chi connectivity index (χ1) is 7.11. The highest BCUT2D eigenvalue weighted by Gasteiger charge is 2.15. The Morgan fingerprint density at radius 1 is 1.40 bits per heavy atom. The normalized spacial score (nSPS) is 12.6. The first kappa shape index (κ1) is 11.7. The zero-order chi connectivity index (χ0) is 11.4. The Kier molecular flexibility index (Phi) is 3.86. The number of carbonyl (C=O) groups is 1. The minimum atomic E-state index is 0.195. The van der Waals surface area contributed by atoms with Gasteiger partial charge < -0.3 is 9.64 Å². The van der Waals surface area contributed by atoms with Crippen molar-refractivity contribution in [2.75, 3.05) is 21.2 Å². The molecular formula is C12H17NO2. The fourth-order valence-electron chi connectivity index (χ4n) is 1.51. The Hall–Kier alpha value is -1.35. The fourth-order valence-corrected chi connectivity index (χ4v) is 1.51. The highest BCUT2D eigenvalue weighted by atomic mass is 16.5. The van der Waals surface area contributed by atoms with Gasteiger partial charge in [0, 0.05) is 6.04 Å². The minimum Gasteiger partial charge on any atom is -0.496 e. The number of benzene rings is 1. The lowest BCUT2D eigenvalue weighted by Gasteiger charge is -2.22. The number of nitrogens with zero attached hydrogens (tertiary/aromatic N) is 1. The average Bonchev–Trinajstić information content (AvgIpc) is 2.26. The van der Waals surface area contributed by atoms with E-state index in [4.69, 9.17) is 4.74 Å². The van der Waals surface area contributed by atoms with Crippen LogP contribution in [0.25, 0.3) is 0 Å². The summed E-state index contributed by atoms with van der Waals surface area (Å²) in [6.45, 7) is 2.06. The third kappa shape index (κ3) is 2.36.